The molecule has 2 fully saturated rings. The summed E-state index contributed by atoms with van der Waals surface area (Å²) >= 11 is 0. The second-order valence-corrected chi connectivity index (χ2v) is 6.76. The highest BCUT2D eigenvalue weighted by Gasteiger charge is 2.53. The summed E-state index contributed by atoms with van der Waals surface area (Å²) in [5.41, 5.74) is 2.66. The highest BCUT2D eigenvalue weighted by molar-refractivity contribution is 5.79. The van der Waals surface area contributed by atoms with Crippen molar-refractivity contribution in [2.75, 3.05) is 0 Å². The zero-order chi connectivity index (χ0) is 15.8. The first-order valence-corrected chi connectivity index (χ1v) is 8.36. The molecule has 2 saturated carbocycles. The van der Waals surface area contributed by atoms with E-state index < -0.39 is 0 Å². The number of carbonyl (C=O) groups is 1. The molecule has 5 nitrogen and oxygen atoms in total. The van der Waals surface area contributed by atoms with Gasteiger partial charge in [-0.2, -0.15) is 0 Å². The Hall–Kier alpha value is -2.17. The molecule has 1 heterocycles. The normalized spacial score (nSPS) is 28.9. The zero-order valence-corrected chi connectivity index (χ0v) is 13.2. The van der Waals surface area contributed by atoms with E-state index in [0.29, 0.717) is 23.2 Å². The lowest BCUT2D eigenvalue weighted by atomic mass is 9.60. The van der Waals surface area contributed by atoms with E-state index in [9.17, 15) is 4.79 Å². The van der Waals surface area contributed by atoms with E-state index >= 15 is 0 Å². The molecule has 1 amide bonds. The van der Waals surface area contributed by atoms with Gasteiger partial charge in [0.2, 0.25) is 5.91 Å². The third-order valence-electron chi connectivity index (χ3n) is 5.52. The van der Waals surface area contributed by atoms with Crippen LogP contribution in [-0.2, 0) is 11.2 Å². The summed E-state index contributed by atoms with van der Waals surface area (Å²) < 4.78 is 4.67. The van der Waals surface area contributed by atoms with Crippen molar-refractivity contribution in [2.24, 2.45) is 11.8 Å². The molecule has 5 heteroatoms. The van der Waals surface area contributed by atoms with Gasteiger partial charge in [-0.25, -0.2) is 4.63 Å². The molecule has 2 aliphatic carbocycles. The standard InChI is InChI=1S/C18H21N3O2/c1-11-15(21-23-20-11)10-16(22)19-18-14-9-5-8-13(14)17(18)12-6-3-2-4-7-12/h2-4,6-7,13-14,17-18H,5,8-10H2,1H3,(H,19,22)/t13-,14+,17+,18+/m0/s1. The van der Waals surface area contributed by atoms with Crippen molar-refractivity contribution < 1.29 is 9.42 Å². The summed E-state index contributed by atoms with van der Waals surface area (Å²) in [5, 5.41) is 10.8. The molecule has 120 valence electrons. The highest BCUT2D eigenvalue weighted by atomic mass is 16.6. The van der Waals surface area contributed by atoms with Crippen LogP contribution in [0.5, 0.6) is 0 Å². The number of nitrogens with one attached hydrogen (secondary N) is 1. The van der Waals surface area contributed by atoms with Crippen molar-refractivity contribution in [3.63, 3.8) is 0 Å². The van der Waals surface area contributed by atoms with Crippen LogP contribution >= 0.6 is 0 Å². The number of aryl methyl sites for hydroxylation is 1. The number of carbonyl (C=O) groups excluding carboxylic acids is 1. The average Bonchev–Trinajstić information content (AvgIpc) is 3.14. The molecule has 2 aromatic rings. The number of rotatable bonds is 4. The Bertz CT molecular complexity index is 697. The number of benzene rings is 1. The lowest BCUT2D eigenvalue weighted by molar-refractivity contribution is -0.123. The van der Waals surface area contributed by atoms with Crippen LogP contribution in [0.4, 0.5) is 0 Å². The van der Waals surface area contributed by atoms with Crippen molar-refractivity contribution in [3.05, 3.63) is 47.3 Å². The van der Waals surface area contributed by atoms with Gasteiger partial charge in [0.25, 0.3) is 0 Å². The van der Waals surface area contributed by atoms with E-state index in [1.54, 1.807) is 0 Å². The first kappa shape index (κ1) is 14.4. The minimum Gasteiger partial charge on any atom is -0.352 e. The van der Waals surface area contributed by atoms with Crippen LogP contribution in [0.1, 0.15) is 42.1 Å². The molecule has 23 heavy (non-hydrogen) atoms. The molecule has 0 unspecified atom stereocenters. The molecule has 1 aromatic carbocycles. The topological polar surface area (TPSA) is 68.0 Å². The fourth-order valence-corrected chi connectivity index (χ4v) is 4.42. The predicted molar refractivity (Wildman–Crippen MR) is 84.7 cm³/mol. The van der Waals surface area contributed by atoms with Gasteiger partial charge in [0.1, 0.15) is 11.4 Å². The van der Waals surface area contributed by atoms with E-state index in [-0.39, 0.29) is 18.4 Å². The molecule has 2 aliphatic rings. The largest absolute Gasteiger partial charge is 0.352 e. The van der Waals surface area contributed by atoms with Crippen molar-refractivity contribution in [3.8, 4) is 0 Å². The van der Waals surface area contributed by atoms with Gasteiger partial charge in [-0.05, 0) is 37.2 Å². The molecule has 4 rings (SSSR count). The van der Waals surface area contributed by atoms with E-state index in [4.69, 9.17) is 0 Å². The number of aromatic nitrogens is 2. The first-order valence-electron chi connectivity index (χ1n) is 8.36. The van der Waals surface area contributed by atoms with Crippen LogP contribution in [-0.4, -0.2) is 22.3 Å². The van der Waals surface area contributed by atoms with Gasteiger partial charge in [0, 0.05) is 12.0 Å². The van der Waals surface area contributed by atoms with Crippen LogP contribution in [0.25, 0.3) is 0 Å². The van der Waals surface area contributed by atoms with Gasteiger partial charge < -0.3 is 5.32 Å². The summed E-state index contributed by atoms with van der Waals surface area (Å²) in [6.07, 6.45) is 4.02. The number of hydrogen-bond acceptors (Lipinski definition) is 4. The van der Waals surface area contributed by atoms with Gasteiger partial charge >= 0.3 is 0 Å². The molecule has 1 aromatic heterocycles. The number of nitrogens with zero attached hydrogens (tertiary/aromatic N) is 2. The van der Waals surface area contributed by atoms with Crippen LogP contribution in [0, 0.1) is 18.8 Å². The van der Waals surface area contributed by atoms with Crippen molar-refractivity contribution in [1.29, 1.82) is 0 Å². The Kier molecular flexibility index (Phi) is 3.63. The number of fused-ring (bicyclic) bond motifs is 1. The van der Waals surface area contributed by atoms with Crippen LogP contribution in [0.2, 0.25) is 0 Å². The molecule has 0 aliphatic heterocycles. The maximum absolute atomic E-state index is 12.4. The molecular weight excluding hydrogens is 290 g/mol. The quantitative estimate of drug-likeness (QED) is 0.942. The SMILES string of the molecule is Cc1nonc1CC(=O)N[C@@H]1[C@@H]2CCC[C@@H]2[C@H]1c1ccccc1. The Balaban J connectivity index is 1.48. The lowest BCUT2D eigenvalue weighted by Gasteiger charge is -2.49. The van der Waals surface area contributed by atoms with Crippen LogP contribution in [0.15, 0.2) is 35.0 Å². The van der Waals surface area contributed by atoms with E-state index in [1.807, 2.05) is 13.0 Å². The fraction of sp³-hybridized carbons (Fsp3) is 0.500. The third kappa shape index (κ3) is 2.54. The van der Waals surface area contributed by atoms with Crippen molar-refractivity contribution in [1.82, 2.24) is 15.6 Å². The Morgan fingerprint density at radius 3 is 2.74 bits per heavy atom. The number of amides is 1. The van der Waals surface area contributed by atoms with Crippen LogP contribution < -0.4 is 5.32 Å². The Morgan fingerprint density at radius 1 is 1.22 bits per heavy atom. The van der Waals surface area contributed by atoms with Gasteiger partial charge in [-0.3, -0.25) is 4.79 Å². The van der Waals surface area contributed by atoms with Crippen molar-refractivity contribution in [2.45, 2.75) is 44.6 Å². The molecule has 0 spiro atoms. The minimum atomic E-state index is 0.0140. The van der Waals surface area contributed by atoms with Crippen LogP contribution in [0.3, 0.4) is 0 Å². The lowest BCUT2D eigenvalue weighted by Crippen LogP contribution is -2.56. The van der Waals surface area contributed by atoms with E-state index in [2.05, 4.69) is 44.5 Å². The second kappa shape index (κ2) is 5.80. The summed E-state index contributed by atoms with van der Waals surface area (Å²) in [6.45, 7) is 1.81. The Labute approximate surface area is 135 Å². The predicted octanol–water partition coefficient (Wildman–Crippen LogP) is 2.62. The summed E-state index contributed by atoms with van der Waals surface area (Å²) in [7, 11) is 0. The zero-order valence-electron chi connectivity index (χ0n) is 13.2. The molecule has 4 atom stereocenters. The first-order chi connectivity index (χ1) is 11.2. The van der Waals surface area contributed by atoms with E-state index in [0.717, 1.165) is 5.92 Å². The molecule has 0 bridgehead atoms. The molecule has 0 saturated heterocycles. The van der Waals surface area contributed by atoms with Gasteiger partial charge in [-0.1, -0.05) is 47.1 Å². The second-order valence-electron chi connectivity index (χ2n) is 6.76. The molecule has 1 N–H and O–H groups in total. The minimum absolute atomic E-state index is 0.0140. The smallest absolute Gasteiger partial charge is 0.226 e. The number of hydrogen-bond donors (Lipinski definition) is 1. The summed E-state index contributed by atoms with van der Waals surface area (Å²) in [5.74, 6) is 1.81. The third-order valence-corrected chi connectivity index (χ3v) is 5.52. The maximum Gasteiger partial charge on any atom is 0.226 e. The van der Waals surface area contributed by atoms with Gasteiger partial charge in [0.15, 0.2) is 0 Å². The average molecular weight is 311 g/mol. The molecule has 0 radical (unpaired) electrons. The van der Waals surface area contributed by atoms with E-state index in [1.165, 1.54) is 24.8 Å². The van der Waals surface area contributed by atoms with Gasteiger partial charge in [0.05, 0.1) is 6.42 Å². The van der Waals surface area contributed by atoms with Gasteiger partial charge in [-0.15, -0.1) is 0 Å². The highest BCUT2D eigenvalue weighted by Crippen LogP contribution is 2.55. The van der Waals surface area contributed by atoms with Crippen molar-refractivity contribution >= 4 is 5.91 Å². The summed E-state index contributed by atoms with van der Waals surface area (Å²) in [6, 6.07) is 10.8. The Morgan fingerprint density at radius 2 is 2.00 bits per heavy atom. The maximum atomic E-state index is 12.4. The summed E-state index contributed by atoms with van der Waals surface area (Å²) in [4.78, 5) is 12.4. The monoisotopic (exact) mass is 311 g/mol. The fourth-order valence-electron chi connectivity index (χ4n) is 4.42. The molecular formula is C18H21N3O2.